The lowest BCUT2D eigenvalue weighted by Gasteiger charge is -2.11. The van der Waals surface area contributed by atoms with E-state index in [2.05, 4.69) is 5.32 Å². The number of aliphatic carboxylic acids is 1. The molecule has 1 aromatic heterocycles. The Labute approximate surface area is 145 Å². The van der Waals surface area contributed by atoms with Gasteiger partial charge in [0.25, 0.3) is 0 Å². The molecule has 1 aliphatic carbocycles. The van der Waals surface area contributed by atoms with Gasteiger partial charge in [0.2, 0.25) is 5.91 Å². The van der Waals surface area contributed by atoms with Crippen molar-refractivity contribution >= 4 is 22.9 Å². The molecule has 0 spiro atoms. The van der Waals surface area contributed by atoms with Crippen LogP contribution in [0.25, 0.3) is 11.0 Å². The summed E-state index contributed by atoms with van der Waals surface area (Å²) in [7, 11) is 0. The number of para-hydroxylation sites is 2. The Kier molecular flexibility index (Phi) is 4.65. The lowest BCUT2D eigenvalue weighted by Crippen LogP contribution is -2.35. The molecule has 3 rings (SSSR count). The summed E-state index contributed by atoms with van der Waals surface area (Å²) >= 11 is 0. The van der Waals surface area contributed by atoms with Crippen molar-refractivity contribution in [1.82, 2.24) is 14.5 Å². The van der Waals surface area contributed by atoms with Crippen LogP contribution < -0.4 is 11.0 Å². The highest BCUT2D eigenvalue weighted by Crippen LogP contribution is 2.45. The normalized spacial score (nSPS) is 15.2. The monoisotopic (exact) mass is 345 g/mol. The molecular weight excluding hydrogens is 322 g/mol. The number of hydrogen-bond acceptors (Lipinski definition) is 3. The number of carbonyl (C=O) groups excluding carboxylic acids is 1. The molecule has 7 nitrogen and oxygen atoms in total. The number of nitrogens with zero attached hydrogens (tertiary/aromatic N) is 2. The Morgan fingerprint density at radius 1 is 1.16 bits per heavy atom. The zero-order valence-electron chi connectivity index (χ0n) is 14.3. The van der Waals surface area contributed by atoms with Gasteiger partial charge in [0.15, 0.2) is 0 Å². The van der Waals surface area contributed by atoms with Gasteiger partial charge in [-0.3, -0.25) is 18.7 Å². The van der Waals surface area contributed by atoms with E-state index in [4.69, 9.17) is 5.11 Å². The van der Waals surface area contributed by atoms with Crippen LogP contribution in [0, 0.1) is 5.41 Å². The molecule has 1 aliphatic rings. The highest BCUT2D eigenvalue weighted by atomic mass is 16.4. The second-order valence-corrected chi connectivity index (χ2v) is 6.69. The van der Waals surface area contributed by atoms with Crippen molar-refractivity contribution in [2.45, 2.75) is 45.7 Å². The Morgan fingerprint density at radius 3 is 2.28 bits per heavy atom. The Hall–Kier alpha value is -2.57. The lowest BCUT2D eigenvalue weighted by molar-refractivity contribution is -0.143. The number of imidazole rings is 1. The summed E-state index contributed by atoms with van der Waals surface area (Å²) in [6, 6.07) is 7.56. The molecule has 0 unspecified atom stereocenters. The molecule has 0 saturated heterocycles. The summed E-state index contributed by atoms with van der Waals surface area (Å²) in [5.74, 6) is -1.08. The van der Waals surface area contributed by atoms with Crippen LogP contribution in [0.15, 0.2) is 29.1 Å². The number of aromatic nitrogens is 2. The molecule has 7 heteroatoms. The average molecular weight is 345 g/mol. The number of fused-ring (bicyclic) bond motifs is 1. The van der Waals surface area contributed by atoms with Crippen molar-refractivity contribution in [2.75, 3.05) is 6.54 Å². The van der Waals surface area contributed by atoms with E-state index < -0.39 is 11.4 Å². The summed E-state index contributed by atoms with van der Waals surface area (Å²) in [6.45, 7) is 3.09. The smallest absolute Gasteiger partial charge is 0.329 e. The molecule has 1 saturated carbocycles. The Morgan fingerprint density at radius 2 is 1.76 bits per heavy atom. The molecule has 1 heterocycles. The molecule has 0 bridgehead atoms. The number of carboxylic acids is 1. The van der Waals surface area contributed by atoms with Crippen molar-refractivity contribution in [1.29, 1.82) is 0 Å². The van der Waals surface area contributed by atoms with Gasteiger partial charge >= 0.3 is 11.7 Å². The van der Waals surface area contributed by atoms with Gasteiger partial charge in [-0.25, -0.2) is 4.79 Å². The van der Waals surface area contributed by atoms with Crippen LogP contribution in [0.3, 0.4) is 0 Å². The zero-order valence-corrected chi connectivity index (χ0v) is 14.3. The summed E-state index contributed by atoms with van der Waals surface area (Å²) in [4.78, 5) is 35.8. The van der Waals surface area contributed by atoms with Crippen LogP contribution in [0.4, 0.5) is 0 Å². The van der Waals surface area contributed by atoms with Crippen LogP contribution >= 0.6 is 0 Å². The maximum absolute atomic E-state index is 12.6. The van der Waals surface area contributed by atoms with Gasteiger partial charge in [-0.05, 0) is 31.4 Å². The summed E-state index contributed by atoms with van der Waals surface area (Å²) in [5, 5.41) is 11.8. The van der Waals surface area contributed by atoms with Crippen molar-refractivity contribution < 1.29 is 14.7 Å². The number of nitrogens with one attached hydrogen (secondary N) is 1. The molecular formula is C18H23N3O4. The number of carbonyl (C=O) groups is 2. The fourth-order valence-corrected chi connectivity index (χ4v) is 3.11. The number of amides is 1. The highest BCUT2D eigenvalue weighted by molar-refractivity contribution is 5.81. The molecule has 134 valence electrons. The van der Waals surface area contributed by atoms with Crippen LogP contribution in [-0.4, -0.2) is 32.7 Å². The second kappa shape index (κ2) is 6.74. The third kappa shape index (κ3) is 3.31. The van der Waals surface area contributed by atoms with Crippen molar-refractivity contribution in [3.05, 3.63) is 34.7 Å². The minimum Gasteiger partial charge on any atom is -0.481 e. The molecule has 1 amide bonds. The minimum atomic E-state index is -0.855. The lowest BCUT2D eigenvalue weighted by atomic mass is 10.1. The van der Waals surface area contributed by atoms with Gasteiger partial charge < -0.3 is 10.4 Å². The van der Waals surface area contributed by atoms with Crippen LogP contribution in [-0.2, 0) is 22.7 Å². The van der Waals surface area contributed by atoms with Gasteiger partial charge in [-0.15, -0.1) is 0 Å². The number of hydrogen-bond donors (Lipinski definition) is 2. The Bertz CT molecular complexity index is 861. The van der Waals surface area contributed by atoms with E-state index in [1.807, 2.05) is 31.2 Å². The van der Waals surface area contributed by atoms with E-state index >= 15 is 0 Å². The number of carboxylic acid groups (broad SMARTS) is 1. The van der Waals surface area contributed by atoms with E-state index in [9.17, 15) is 14.4 Å². The predicted octanol–water partition coefficient (Wildman–Crippen LogP) is 1.58. The molecule has 25 heavy (non-hydrogen) atoms. The molecule has 0 radical (unpaired) electrons. The zero-order chi connectivity index (χ0) is 18.0. The molecule has 2 aromatic rings. The number of rotatable bonds is 8. The minimum absolute atomic E-state index is 0.111. The van der Waals surface area contributed by atoms with E-state index in [0.717, 1.165) is 17.5 Å². The van der Waals surface area contributed by atoms with Crippen molar-refractivity contribution in [2.24, 2.45) is 5.41 Å². The van der Waals surface area contributed by atoms with Gasteiger partial charge in [0.05, 0.1) is 16.4 Å². The molecule has 0 aliphatic heterocycles. The SMILES string of the molecule is CCCn1c(=O)n(CCC(=O)NCC2(C(=O)O)CC2)c2ccccc21. The Balaban J connectivity index is 1.69. The average Bonchev–Trinajstić information content (AvgIpc) is 3.35. The van der Waals surface area contributed by atoms with Crippen molar-refractivity contribution in [3.8, 4) is 0 Å². The van der Waals surface area contributed by atoms with Gasteiger partial charge in [0, 0.05) is 26.1 Å². The summed E-state index contributed by atoms with van der Waals surface area (Å²) < 4.78 is 3.35. The van der Waals surface area contributed by atoms with E-state index in [1.54, 1.807) is 9.13 Å². The third-order valence-electron chi connectivity index (χ3n) is 4.87. The first kappa shape index (κ1) is 17.3. The quantitative estimate of drug-likeness (QED) is 0.760. The molecule has 1 fully saturated rings. The highest BCUT2D eigenvalue weighted by Gasteiger charge is 2.50. The van der Waals surface area contributed by atoms with Crippen LogP contribution in [0.5, 0.6) is 0 Å². The number of aryl methyl sites for hydroxylation is 2. The van der Waals surface area contributed by atoms with E-state index in [1.165, 1.54) is 0 Å². The maximum Gasteiger partial charge on any atom is 0.329 e. The fourth-order valence-electron chi connectivity index (χ4n) is 3.11. The first-order chi connectivity index (χ1) is 12.0. The summed E-state index contributed by atoms with van der Waals surface area (Å²) in [6.07, 6.45) is 2.21. The second-order valence-electron chi connectivity index (χ2n) is 6.69. The summed E-state index contributed by atoms with van der Waals surface area (Å²) in [5.41, 5.74) is 0.805. The number of benzene rings is 1. The third-order valence-corrected chi connectivity index (χ3v) is 4.87. The standard InChI is InChI=1S/C18H23N3O4/c1-2-10-20-13-5-3-4-6-14(13)21(17(20)25)11-7-15(22)19-12-18(8-9-18)16(23)24/h3-6H,2,7-12H2,1H3,(H,19,22)(H,23,24). The van der Waals surface area contributed by atoms with Crippen LogP contribution in [0.1, 0.15) is 32.6 Å². The van der Waals surface area contributed by atoms with Crippen LogP contribution in [0.2, 0.25) is 0 Å². The first-order valence-corrected chi connectivity index (χ1v) is 8.67. The van der Waals surface area contributed by atoms with E-state index in [0.29, 0.717) is 19.4 Å². The van der Waals surface area contributed by atoms with Gasteiger partial charge in [-0.1, -0.05) is 19.1 Å². The topological polar surface area (TPSA) is 93.3 Å². The molecule has 1 aromatic carbocycles. The molecule has 2 N–H and O–H groups in total. The molecule has 0 atom stereocenters. The van der Waals surface area contributed by atoms with Gasteiger partial charge in [-0.2, -0.15) is 0 Å². The fraction of sp³-hybridized carbons (Fsp3) is 0.500. The largest absolute Gasteiger partial charge is 0.481 e. The maximum atomic E-state index is 12.6. The van der Waals surface area contributed by atoms with Crippen molar-refractivity contribution in [3.63, 3.8) is 0 Å². The predicted molar refractivity (Wildman–Crippen MR) is 93.4 cm³/mol. The first-order valence-electron chi connectivity index (χ1n) is 8.67. The van der Waals surface area contributed by atoms with Gasteiger partial charge in [0.1, 0.15) is 0 Å². The van der Waals surface area contributed by atoms with E-state index in [-0.39, 0.29) is 31.1 Å².